The molecule has 0 bridgehead atoms. The van der Waals surface area contributed by atoms with Crippen LogP contribution in [0.15, 0.2) is 42.5 Å². The van der Waals surface area contributed by atoms with Gasteiger partial charge >= 0.3 is 0 Å². The fraction of sp³-hybridized carbons (Fsp3) is 0.440. The fourth-order valence-corrected chi connectivity index (χ4v) is 3.44. The number of rotatable bonds is 8. The van der Waals surface area contributed by atoms with Gasteiger partial charge in [0.15, 0.2) is 0 Å². The Labute approximate surface area is 184 Å². The van der Waals surface area contributed by atoms with E-state index in [-0.39, 0.29) is 30.6 Å². The highest BCUT2D eigenvalue weighted by Gasteiger charge is 2.30. The predicted molar refractivity (Wildman–Crippen MR) is 120 cm³/mol. The van der Waals surface area contributed by atoms with Crippen molar-refractivity contribution in [3.63, 3.8) is 0 Å². The number of aryl methyl sites for hydroxylation is 1. The van der Waals surface area contributed by atoms with Crippen LogP contribution in [0.25, 0.3) is 0 Å². The van der Waals surface area contributed by atoms with E-state index in [1.54, 1.807) is 17.9 Å². The smallest absolute Gasteiger partial charge is 0.225 e. The third kappa shape index (κ3) is 6.81. The molecule has 1 N–H and O–H groups in total. The largest absolute Gasteiger partial charge is 0.494 e. The van der Waals surface area contributed by atoms with Crippen LogP contribution < -0.4 is 10.1 Å². The van der Waals surface area contributed by atoms with E-state index in [9.17, 15) is 14.0 Å². The van der Waals surface area contributed by atoms with Gasteiger partial charge in [-0.3, -0.25) is 9.59 Å². The second kappa shape index (κ2) is 10.4. The van der Waals surface area contributed by atoms with Gasteiger partial charge in [-0.1, -0.05) is 30.3 Å². The van der Waals surface area contributed by atoms with Crippen molar-refractivity contribution in [3.8, 4) is 5.75 Å². The van der Waals surface area contributed by atoms with Crippen LogP contribution in [0.2, 0.25) is 0 Å². The molecule has 1 unspecified atom stereocenters. The first-order valence-electron chi connectivity index (χ1n) is 10.6. The Kier molecular flexibility index (Phi) is 8.20. The number of nitrogens with one attached hydrogen (secondary N) is 1. The minimum absolute atomic E-state index is 0.0648. The first-order valence-corrected chi connectivity index (χ1v) is 10.6. The van der Waals surface area contributed by atoms with Crippen molar-refractivity contribution in [1.82, 2.24) is 10.2 Å². The number of benzene rings is 2. The summed E-state index contributed by atoms with van der Waals surface area (Å²) in [6.07, 6.45) is 0.0648. The summed E-state index contributed by atoms with van der Waals surface area (Å²) in [4.78, 5) is 27.0. The summed E-state index contributed by atoms with van der Waals surface area (Å²) < 4.78 is 19.8. The Morgan fingerprint density at radius 2 is 1.84 bits per heavy atom. The number of carbonyl (C=O) groups excluding carboxylic acids is 2. The van der Waals surface area contributed by atoms with Gasteiger partial charge in [0.05, 0.1) is 19.1 Å². The number of carbonyl (C=O) groups is 2. The summed E-state index contributed by atoms with van der Waals surface area (Å²) in [6, 6.07) is 11.9. The number of para-hydroxylation sites is 1. The quantitative estimate of drug-likeness (QED) is 0.649. The van der Waals surface area contributed by atoms with Crippen LogP contribution in [0.1, 0.15) is 63.8 Å². The maximum Gasteiger partial charge on any atom is 0.225 e. The zero-order valence-corrected chi connectivity index (χ0v) is 19.3. The molecule has 31 heavy (non-hydrogen) atoms. The topological polar surface area (TPSA) is 58.6 Å². The molecule has 2 amide bonds. The van der Waals surface area contributed by atoms with E-state index in [1.807, 2.05) is 58.0 Å². The Balaban J connectivity index is 2.33. The van der Waals surface area contributed by atoms with E-state index < -0.39 is 11.6 Å². The first-order chi connectivity index (χ1) is 14.5. The van der Waals surface area contributed by atoms with Crippen molar-refractivity contribution >= 4 is 11.8 Å². The Morgan fingerprint density at radius 1 is 1.16 bits per heavy atom. The molecule has 2 aromatic rings. The van der Waals surface area contributed by atoms with Crippen molar-refractivity contribution in [2.45, 2.75) is 66.1 Å². The molecule has 0 saturated heterocycles. The summed E-state index contributed by atoms with van der Waals surface area (Å²) in [5.74, 6) is -0.0226. The zero-order valence-electron chi connectivity index (χ0n) is 19.3. The van der Waals surface area contributed by atoms with E-state index in [0.29, 0.717) is 17.9 Å². The molecular formula is C25H33FN2O3. The molecule has 6 heteroatoms. The summed E-state index contributed by atoms with van der Waals surface area (Å²) in [5, 5.41) is 2.89. The molecule has 0 saturated carbocycles. The highest BCUT2D eigenvalue weighted by molar-refractivity contribution is 5.80. The minimum atomic E-state index is -0.535. The van der Waals surface area contributed by atoms with Gasteiger partial charge in [0.2, 0.25) is 11.8 Å². The van der Waals surface area contributed by atoms with Crippen molar-refractivity contribution in [1.29, 1.82) is 0 Å². The van der Waals surface area contributed by atoms with Gasteiger partial charge in [0.1, 0.15) is 11.6 Å². The second-order valence-electron chi connectivity index (χ2n) is 8.66. The SMILES string of the molecule is CCOc1ccccc1C(CC(=O)N(Cc1ccc(C)c(F)c1)C(C)(C)C)NC(C)=O. The van der Waals surface area contributed by atoms with Crippen LogP contribution in [0.4, 0.5) is 4.39 Å². The molecular weight excluding hydrogens is 395 g/mol. The van der Waals surface area contributed by atoms with E-state index in [1.165, 1.54) is 13.0 Å². The van der Waals surface area contributed by atoms with Crippen LogP contribution in [-0.4, -0.2) is 28.9 Å². The molecule has 0 aliphatic heterocycles. The molecule has 0 heterocycles. The molecule has 0 aromatic heterocycles. The summed E-state index contributed by atoms with van der Waals surface area (Å²) in [7, 11) is 0. The summed E-state index contributed by atoms with van der Waals surface area (Å²) in [6.45, 7) is 11.6. The van der Waals surface area contributed by atoms with Crippen molar-refractivity contribution in [2.24, 2.45) is 0 Å². The normalized spacial score (nSPS) is 12.2. The predicted octanol–water partition coefficient (Wildman–Crippen LogP) is 4.93. The van der Waals surface area contributed by atoms with Crippen LogP contribution in [0.3, 0.4) is 0 Å². The average Bonchev–Trinajstić information content (AvgIpc) is 2.67. The lowest BCUT2D eigenvalue weighted by Crippen LogP contribution is -2.46. The van der Waals surface area contributed by atoms with Gasteiger partial charge in [-0.15, -0.1) is 0 Å². The van der Waals surface area contributed by atoms with Crippen molar-refractivity contribution in [3.05, 3.63) is 65.0 Å². The zero-order chi connectivity index (χ0) is 23.2. The highest BCUT2D eigenvalue weighted by atomic mass is 19.1. The van der Waals surface area contributed by atoms with Crippen LogP contribution >= 0.6 is 0 Å². The van der Waals surface area contributed by atoms with Gasteiger partial charge in [-0.05, 0) is 57.9 Å². The van der Waals surface area contributed by atoms with Crippen LogP contribution in [0.5, 0.6) is 5.75 Å². The van der Waals surface area contributed by atoms with E-state index in [2.05, 4.69) is 5.32 Å². The Morgan fingerprint density at radius 3 is 2.42 bits per heavy atom. The van der Waals surface area contributed by atoms with Crippen LogP contribution in [-0.2, 0) is 16.1 Å². The molecule has 0 aliphatic carbocycles. The molecule has 0 aliphatic rings. The lowest BCUT2D eigenvalue weighted by atomic mass is 9.98. The molecule has 1 atom stereocenters. The fourth-order valence-electron chi connectivity index (χ4n) is 3.44. The molecule has 0 spiro atoms. The number of nitrogens with zero attached hydrogens (tertiary/aromatic N) is 1. The van der Waals surface area contributed by atoms with Gasteiger partial charge in [-0.25, -0.2) is 4.39 Å². The average molecular weight is 429 g/mol. The maximum absolute atomic E-state index is 14.1. The number of hydrogen-bond acceptors (Lipinski definition) is 3. The number of ether oxygens (including phenoxy) is 1. The standard InChI is InChI=1S/C25H33FN2O3/c1-7-31-23-11-9-8-10-20(23)22(27-18(3)29)15-24(30)28(25(4,5)6)16-19-13-12-17(2)21(26)14-19/h8-14,22H,7,15-16H2,1-6H3,(H,27,29). The van der Waals surface area contributed by atoms with Crippen molar-refractivity contribution < 1.29 is 18.7 Å². The van der Waals surface area contributed by atoms with Crippen molar-refractivity contribution in [2.75, 3.05) is 6.61 Å². The third-order valence-electron chi connectivity index (χ3n) is 5.04. The second-order valence-corrected chi connectivity index (χ2v) is 8.66. The summed E-state index contributed by atoms with van der Waals surface area (Å²) >= 11 is 0. The van der Waals surface area contributed by atoms with Gasteiger partial charge < -0.3 is 15.0 Å². The van der Waals surface area contributed by atoms with Gasteiger partial charge in [0.25, 0.3) is 0 Å². The Bertz CT molecular complexity index is 921. The molecule has 0 radical (unpaired) electrons. The Hall–Kier alpha value is -2.89. The molecule has 2 rings (SSSR count). The highest BCUT2D eigenvalue weighted by Crippen LogP contribution is 2.30. The summed E-state index contributed by atoms with van der Waals surface area (Å²) in [5.41, 5.74) is 1.55. The van der Waals surface area contributed by atoms with E-state index >= 15 is 0 Å². The van der Waals surface area contributed by atoms with Crippen LogP contribution in [0, 0.1) is 12.7 Å². The van der Waals surface area contributed by atoms with Gasteiger partial charge in [-0.2, -0.15) is 0 Å². The van der Waals surface area contributed by atoms with Gasteiger partial charge in [0, 0.05) is 24.6 Å². The molecule has 168 valence electrons. The number of amides is 2. The maximum atomic E-state index is 14.1. The lowest BCUT2D eigenvalue weighted by Gasteiger charge is -2.37. The van der Waals surface area contributed by atoms with E-state index in [4.69, 9.17) is 4.74 Å². The minimum Gasteiger partial charge on any atom is -0.494 e. The molecule has 5 nitrogen and oxygen atoms in total. The third-order valence-corrected chi connectivity index (χ3v) is 5.04. The van der Waals surface area contributed by atoms with E-state index in [0.717, 1.165) is 11.1 Å². The number of hydrogen-bond donors (Lipinski definition) is 1. The monoisotopic (exact) mass is 428 g/mol. The number of halogens is 1. The molecule has 2 aromatic carbocycles. The first kappa shape index (κ1) is 24.4. The molecule has 0 fully saturated rings. The lowest BCUT2D eigenvalue weighted by molar-refractivity contribution is -0.137.